The molecule has 2 aliphatic heterocycles. The van der Waals surface area contributed by atoms with Crippen LogP contribution in [0.2, 0.25) is 0 Å². The summed E-state index contributed by atoms with van der Waals surface area (Å²) in [4.78, 5) is 14.9. The molecule has 2 fully saturated rings. The molecular weight excluding hydrogens is 342 g/mol. The van der Waals surface area contributed by atoms with E-state index in [9.17, 15) is 4.79 Å². The average molecular weight is 376 g/mol. The van der Waals surface area contributed by atoms with Crippen LogP contribution in [-0.4, -0.2) is 70.0 Å². The first-order valence-corrected chi connectivity index (χ1v) is 10.0. The van der Waals surface area contributed by atoms with E-state index < -0.39 is 0 Å². The Labute approximate surface area is 162 Å². The predicted octanol–water partition coefficient (Wildman–Crippen LogP) is 1.41. The van der Waals surface area contributed by atoms with E-state index >= 15 is 0 Å². The Balaban J connectivity index is 1.44. The van der Waals surface area contributed by atoms with Gasteiger partial charge in [-0.3, -0.25) is 9.69 Å². The van der Waals surface area contributed by atoms with Gasteiger partial charge in [-0.05, 0) is 31.5 Å². The number of hydrogen-bond acceptors (Lipinski definition) is 5. The summed E-state index contributed by atoms with van der Waals surface area (Å²) in [5.74, 6) is 0.0792. The van der Waals surface area contributed by atoms with Gasteiger partial charge >= 0.3 is 0 Å². The molecule has 1 unspecified atom stereocenters. The van der Waals surface area contributed by atoms with Crippen molar-refractivity contribution >= 4 is 5.91 Å². The van der Waals surface area contributed by atoms with E-state index in [-0.39, 0.29) is 17.4 Å². The number of ether oxygens (including phenoxy) is 2. The molecule has 1 atom stereocenters. The second-order valence-electron chi connectivity index (χ2n) is 7.88. The van der Waals surface area contributed by atoms with E-state index in [0.29, 0.717) is 26.2 Å². The van der Waals surface area contributed by atoms with E-state index in [0.717, 1.165) is 45.6 Å². The summed E-state index contributed by atoms with van der Waals surface area (Å²) >= 11 is 0. The van der Waals surface area contributed by atoms with Gasteiger partial charge in [-0.1, -0.05) is 30.3 Å². The zero-order valence-corrected chi connectivity index (χ0v) is 16.4. The van der Waals surface area contributed by atoms with Crippen LogP contribution < -0.4 is 10.6 Å². The Morgan fingerprint density at radius 1 is 1.33 bits per heavy atom. The molecule has 0 aromatic heterocycles. The SMILES string of the molecule is COCC1(CNC(=O)CC2CN(Cc3ccccc3)CCO2)CCNCC1. The number of nitrogens with one attached hydrogen (secondary N) is 2. The molecule has 6 heteroatoms. The van der Waals surface area contributed by atoms with Crippen LogP contribution in [0.4, 0.5) is 0 Å². The number of carbonyl (C=O) groups is 1. The first-order valence-electron chi connectivity index (χ1n) is 10.0. The number of nitrogens with zero attached hydrogens (tertiary/aromatic N) is 1. The van der Waals surface area contributed by atoms with E-state index in [4.69, 9.17) is 9.47 Å². The molecular formula is C21H33N3O3. The van der Waals surface area contributed by atoms with Crippen molar-refractivity contribution in [3.63, 3.8) is 0 Å². The Morgan fingerprint density at radius 2 is 2.11 bits per heavy atom. The summed E-state index contributed by atoms with van der Waals surface area (Å²) in [5.41, 5.74) is 1.36. The molecule has 0 radical (unpaired) electrons. The molecule has 2 heterocycles. The highest BCUT2D eigenvalue weighted by atomic mass is 16.5. The summed E-state index contributed by atoms with van der Waals surface area (Å²) in [5, 5.41) is 6.53. The third-order valence-corrected chi connectivity index (χ3v) is 5.66. The lowest BCUT2D eigenvalue weighted by molar-refractivity contribution is -0.127. The number of rotatable bonds is 8. The number of amides is 1. The van der Waals surface area contributed by atoms with Crippen LogP contribution in [0.5, 0.6) is 0 Å². The van der Waals surface area contributed by atoms with Gasteiger partial charge in [0.15, 0.2) is 0 Å². The molecule has 2 aliphatic rings. The maximum Gasteiger partial charge on any atom is 0.222 e. The van der Waals surface area contributed by atoms with Crippen LogP contribution in [-0.2, 0) is 20.8 Å². The zero-order valence-electron chi connectivity index (χ0n) is 16.4. The fraction of sp³-hybridized carbons (Fsp3) is 0.667. The van der Waals surface area contributed by atoms with E-state index in [2.05, 4.69) is 39.8 Å². The van der Waals surface area contributed by atoms with Crippen molar-refractivity contribution in [2.45, 2.75) is 31.9 Å². The standard InChI is InChI=1S/C21H33N3O3/c1-26-17-21(7-9-22-10-8-21)16-23-20(25)13-19-15-24(11-12-27-19)14-18-5-3-2-4-6-18/h2-6,19,22H,7-17H2,1H3,(H,23,25). The van der Waals surface area contributed by atoms with Crippen molar-refractivity contribution in [2.24, 2.45) is 5.41 Å². The molecule has 1 aromatic carbocycles. The molecule has 1 amide bonds. The molecule has 0 spiro atoms. The topological polar surface area (TPSA) is 62.8 Å². The maximum atomic E-state index is 12.5. The minimum absolute atomic E-state index is 0.0335. The Bertz CT molecular complexity index is 570. The molecule has 3 rings (SSSR count). The number of carbonyl (C=O) groups excluding carboxylic acids is 1. The lowest BCUT2D eigenvalue weighted by Crippen LogP contribution is -2.48. The summed E-state index contributed by atoms with van der Waals surface area (Å²) in [6.45, 7) is 6.66. The molecule has 6 nitrogen and oxygen atoms in total. The lowest BCUT2D eigenvalue weighted by Gasteiger charge is -2.37. The number of methoxy groups -OCH3 is 1. The van der Waals surface area contributed by atoms with Gasteiger partial charge in [0.1, 0.15) is 0 Å². The Morgan fingerprint density at radius 3 is 2.85 bits per heavy atom. The smallest absolute Gasteiger partial charge is 0.222 e. The maximum absolute atomic E-state index is 12.5. The van der Waals surface area contributed by atoms with Crippen LogP contribution in [0.15, 0.2) is 30.3 Å². The van der Waals surface area contributed by atoms with Crippen molar-refractivity contribution in [3.05, 3.63) is 35.9 Å². The van der Waals surface area contributed by atoms with Gasteiger partial charge in [0.25, 0.3) is 0 Å². The first-order chi connectivity index (χ1) is 13.2. The van der Waals surface area contributed by atoms with Crippen molar-refractivity contribution in [3.8, 4) is 0 Å². The monoisotopic (exact) mass is 375 g/mol. The van der Waals surface area contributed by atoms with Gasteiger partial charge < -0.3 is 20.1 Å². The minimum Gasteiger partial charge on any atom is -0.384 e. The second kappa shape index (κ2) is 10.2. The third-order valence-electron chi connectivity index (χ3n) is 5.66. The number of morpholine rings is 1. The van der Waals surface area contributed by atoms with Crippen LogP contribution in [0.25, 0.3) is 0 Å². The fourth-order valence-electron chi connectivity index (χ4n) is 4.09. The van der Waals surface area contributed by atoms with E-state index in [1.807, 2.05) is 6.07 Å². The highest BCUT2D eigenvalue weighted by molar-refractivity contribution is 5.76. The summed E-state index contributed by atoms with van der Waals surface area (Å²) in [6.07, 6.45) is 2.46. The van der Waals surface area contributed by atoms with Gasteiger partial charge in [-0.15, -0.1) is 0 Å². The number of piperidine rings is 1. The molecule has 1 aromatic rings. The van der Waals surface area contributed by atoms with Crippen LogP contribution in [0, 0.1) is 5.41 Å². The molecule has 0 saturated carbocycles. The molecule has 2 saturated heterocycles. The second-order valence-corrected chi connectivity index (χ2v) is 7.88. The van der Waals surface area contributed by atoms with Crippen molar-refractivity contribution in [2.75, 3.05) is 53.0 Å². The van der Waals surface area contributed by atoms with Crippen LogP contribution in [0.1, 0.15) is 24.8 Å². The first kappa shape index (κ1) is 20.3. The normalized spacial score (nSPS) is 23.1. The lowest BCUT2D eigenvalue weighted by atomic mass is 9.79. The van der Waals surface area contributed by atoms with Gasteiger partial charge in [0, 0.05) is 38.7 Å². The summed E-state index contributed by atoms with van der Waals surface area (Å²) in [7, 11) is 1.74. The quantitative estimate of drug-likeness (QED) is 0.719. The fourth-order valence-corrected chi connectivity index (χ4v) is 4.09. The van der Waals surface area contributed by atoms with E-state index in [1.54, 1.807) is 7.11 Å². The molecule has 150 valence electrons. The molecule has 27 heavy (non-hydrogen) atoms. The van der Waals surface area contributed by atoms with Crippen molar-refractivity contribution in [1.29, 1.82) is 0 Å². The number of benzene rings is 1. The largest absolute Gasteiger partial charge is 0.384 e. The van der Waals surface area contributed by atoms with Gasteiger partial charge in [-0.2, -0.15) is 0 Å². The van der Waals surface area contributed by atoms with Gasteiger partial charge in [-0.25, -0.2) is 0 Å². The predicted molar refractivity (Wildman–Crippen MR) is 105 cm³/mol. The average Bonchev–Trinajstić information content (AvgIpc) is 2.69. The Kier molecular flexibility index (Phi) is 7.64. The minimum atomic E-state index is -0.0335. The third kappa shape index (κ3) is 6.28. The van der Waals surface area contributed by atoms with Crippen molar-refractivity contribution in [1.82, 2.24) is 15.5 Å². The molecule has 2 N–H and O–H groups in total. The van der Waals surface area contributed by atoms with Gasteiger partial charge in [0.2, 0.25) is 5.91 Å². The van der Waals surface area contributed by atoms with Crippen LogP contribution >= 0.6 is 0 Å². The highest BCUT2D eigenvalue weighted by Crippen LogP contribution is 2.28. The van der Waals surface area contributed by atoms with Crippen LogP contribution in [0.3, 0.4) is 0 Å². The highest BCUT2D eigenvalue weighted by Gasteiger charge is 2.33. The molecule has 0 aliphatic carbocycles. The number of hydrogen-bond donors (Lipinski definition) is 2. The van der Waals surface area contributed by atoms with Gasteiger partial charge in [0.05, 0.1) is 25.7 Å². The van der Waals surface area contributed by atoms with Crippen molar-refractivity contribution < 1.29 is 14.3 Å². The Hall–Kier alpha value is -1.47. The zero-order chi connectivity index (χ0) is 19.0. The summed E-state index contributed by atoms with van der Waals surface area (Å²) in [6, 6.07) is 10.5. The van der Waals surface area contributed by atoms with E-state index in [1.165, 1.54) is 5.56 Å². The molecule has 0 bridgehead atoms. The summed E-state index contributed by atoms with van der Waals surface area (Å²) < 4.78 is 11.3.